The maximum atomic E-state index is 3.68. The van der Waals surface area contributed by atoms with E-state index in [0.717, 1.165) is 11.8 Å². The fraction of sp³-hybridized carbons (Fsp3) is 0.714. The summed E-state index contributed by atoms with van der Waals surface area (Å²) in [4.78, 5) is 0. The zero-order valence-corrected chi connectivity index (χ0v) is 4.85. The molecule has 0 saturated heterocycles. The molecule has 0 amide bonds. The van der Waals surface area contributed by atoms with Crippen molar-refractivity contribution in [3.63, 3.8) is 0 Å². The van der Waals surface area contributed by atoms with Gasteiger partial charge in [0.1, 0.15) is 0 Å². The molecule has 0 aliphatic heterocycles. The van der Waals surface area contributed by atoms with E-state index in [9.17, 15) is 0 Å². The highest BCUT2D eigenvalue weighted by Gasteiger charge is 2.30. The lowest BCUT2D eigenvalue weighted by atomic mass is 10.2. The van der Waals surface area contributed by atoms with Gasteiger partial charge >= 0.3 is 0 Å². The van der Waals surface area contributed by atoms with Crippen molar-refractivity contribution < 1.29 is 0 Å². The maximum absolute atomic E-state index is 3.68. The Kier molecular flexibility index (Phi) is 1.18. The lowest BCUT2D eigenvalue weighted by molar-refractivity contribution is 0.767. The van der Waals surface area contributed by atoms with E-state index in [4.69, 9.17) is 0 Å². The van der Waals surface area contributed by atoms with E-state index < -0.39 is 0 Å². The molecule has 0 aromatic carbocycles. The van der Waals surface area contributed by atoms with Crippen LogP contribution in [0, 0.1) is 11.8 Å². The van der Waals surface area contributed by atoms with E-state index in [1.165, 1.54) is 12.8 Å². The van der Waals surface area contributed by atoms with Gasteiger partial charge in [-0.1, -0.05) is 13.0 Å². The van der Waals surface area contributed by atoms with E-state index in [-0.39, 0.29) is 0 Å². The summed E-state index contributed by atoms with van der Waals surface area (Å²) in [5.41, 5.74) is 0. The first-order valence-corrected chi connectivity index (χ1v) is 2.95. The summed E-state index contributed by atoms with van der Waals surface area (Å²) in [6.45, 7) is 5.98. The zero-order valence-electron chi connectivity index (χ0n) is 4.85. The van der Waals surface area contributed by atoms with Gasteiger partial charge in [-0.3, -0.25) is 0 Å². The molecule has 0 heterocycles. The summed E-state index contributed by atoms with van der Waals surface area (Å²) >= 11 is 0. The molecule has 1 aliphatic rings. The smallest absolute Gasteiger partial charge is 0.0322 e. The van der Waals surface area contributed by atoms with Crippen LogP contribution in [0.2, 0.25) is 0 Å². The van der Waals surface area contributed by atoms with Crippen LogP contribution in [-0.4, -0.2) is 0 Å². The average molecular weight is 96.2 g/mol. The molecule has 7 heavy (non-hydrogen) atoms. The molecule has 1 rings (SSSR count). The van der Waals surface area contributed by atoms with Crippen LogP contribution in [0.4, 0.5) is 0 Å². The molecule has 1 fully saturated rings. The highest BCUT2D eigenvalue weighted by Crippen LogP contribution is 2.40. The van der Waals surface area contributed by atoms with E-state index in [1.807, 2.05) is 6.08 Å². The topological polar surface area (TPSA) is 0 Å². The Labute approximate surface area is 45.2 Å². The Morgan fingerprint density at radius 2 is 2.43 bits per heavy atom. The van der Waals surface area contributed by atoms with Crippen molar-refractivity contribution in [1.82, 2.24) is 0 Å². The molecular weight excluding hydrogens is 84.1 g/mol. The average Bonchev–Trinajstić information content (AvgIpc) is 2.22. The molecule has 0 aromatic heterocycles. The largest absolute Gasteiger partial charge is 0.103 e. The number of allylic oxidation sites excluding steroid dienone is 1. The van der Waals surface area contributed by atoms with Crippen LogP contribution < -0.4 is 0 Å². The molecule has 0 nitrogen and oxygen atoms in total. The first kappa shape index (κ1) is 4.89. The predicted octanol–water partition coefficient (Wildman–Crippen LogP) is 2.22. The van der Waals surface area contributed by atoms with Crippen LogP contribution >= 0.6 is 0 Å². The summed E-state index contributed by atoms with van der Waals surface area (Å²) in [5, 5.41) is 0. The minimum absolute atomic E-state index is 0.998. The third kappa shape index (κ3) is 1.05. The van der Waals surface area contributed by atoms with E-state index in [2.05, 4.69) is 13.5 Å². The maximum Gasteiger partial charge on any atom is -0.0322 e. The van der Waals surface area contributed by atoms with Gasteiger partial charge in [0, 0.05) is 0 Å². The van der Waals surface area contributed by atoms with Gasteiger partial charge in [0.2, 0.25) is 0 Å². The molecule has 0 N–H and O–H groups in total. The van der Waals surface area contributed by atoms with Gasteiger partial charge in [-0.05, 0) is 24.7 Å². The molecule has 0 bridgehead atoms. The van der Waals surface area contributed by atoms with Crippen molar-refractivity contribution in [2.24, 2.45) is 11.8 Å². The van der Waals surface area contributed by atoms with Gasteiger partial charge in [-0.2, -0.15) is 0 Å². The molecule has 1 saturated carbocycles. The normalized spacial score (nSPS) is 37.9. The molecular formula is C7H12. The molecule has 0 heteroatoms. The van der Waals surface area contributed by atoms with Gasteiger partial charge < -0.3 is 0 Å². The second-order valence-corrected chi connectivity index (χ2v) is 2.50. The summed E-state index contributed by atoms with van der Waals surface area (Å²) in [5.74, 6) is 2.00. The Morgan fingerprint density at radius 3 is 2.57 bits per heavy atom. The van der Waals surface area contributed by atoms with Crippen LogP contribution in [-0.2, 0) is 0 Å². The SMILES string of the molecule is C=CCC1CC1C. The lowest BCUT2D eigenvalue weighted by Gasteiger charge is -1.82. The molecule has 0 radical (unpaired) electrons. The summed E-state index contributed by atoms with van der Waals surface area (Å²) in [6, 6.07) is 0. The van der Waals surface area contributed by atoms with Gasteiger partial charge in [0.05, 0.1) is 0 Å². The van der Waals surface area contributed by atoms with Crippen molar-refractivity contribution in [1.29, 1.82) is 0 Å². The number of rotatable bonds is 2. The zero-order chi connectivity index (χ0) is 5.28. The fourth-order valence-electron chi connectivity index (χ4n) is 0.942. The Balaban J connectivity index is 2.08. The number of hydrogen-bond donors (Lipinski definition) is 0. The monoisotopic (exact) mass is 96.1 g/mol. The Morgan fingerprint density at radius 1 is 1.86 bits per heavy atom. The van der Waals surface area contributed by atoms with Crippen molar-refractivity contribution in [2.75, 3.05) is 0 Å². The minimum Gasteiger partial charge on any atom is -0.103 e. The molecule has 1 aliphatic carbocycles. The Bertz CT molecular complexity index is 74.1. The van der Waals surface area contributed by atoms with E-state index in [1.54, 1.807) is 0 Å². The highest BCUT2D eigenvalue weighted by atomic mass is 14.4. The van der Waals surface area contributed by atoms with Crippen molar-refractivity contribution in [3.8, 4) is 0 Å². The fourth-order valence-corrected chi connectivity index (χ4v) is 0.942. The van der Waals surface area contributed by atoms with Gasteiger partial charge in [-0.25, -0.2) is 0 Å². The van der Waals surface area contributed by atoms with Crippen LogP contribution in [0.3, 0.4) is 0 Å². The third-order valence-electron chi connectivity index (χ3n) is 1.75. The first-order valence-electron chi connectivity index (χ1n) is 2.95. The molecule has 0 spiro atoms. The minimum atomic E-state index is 0.998. The van der Waals surface area contributed by atoms with Crippen molar-refractivity contribution >= 4 is 0 Å². The predicted molar refractivity (Wildman–Crippen MR) is 32.1 cm³/mol. The standard InChI is InChI=1S/C7H12/c1-3-4-7-5-6(7)2/h3,6-7H,1,4-5H2,2H3. The quantitative estimate of drug-likeness (QED) is 0.462. The molecule has 2 atom stereocenters. The van der Waals surface area contributed by atoms with Crippen molar-refractivity contribution in [3.05, 3.63) is 12.7 Å². The lowest BCUT2D eigenvalue weighted by Crippen LogP contribution is -1.70. The van der Waals surface area contributed by atoms with Gasteiger partial charge in [0.15, 0.2) is 0 Å². The van der Waals surface area contributed by atoms with Gasteiger partial charge in [-0.15, -0.1) is 6.58 Å². The molecule has 0 aromatic rings. The van der Waals surface area contributed by atoms with Crippen LogP contribution in [0.1, 0.15) is 19.8 Å². The Hall–Kier alpha value is -0.260. The van der Waals surface area contributed by atoms with Crippen LogP contribution in [0.15, 0.2) is 12.7 Å². The van der Waals surface area contributed by atoms with Gasteiger partial charge in [0.25, 0.3) is 0 Å². The summed E-state index contributed by atoms with van der Waals surface area (Å²) in [7, 11) is 0. The summed E-state index contributed by atoms with van der Waals surface area (Å²) in [6.07, 6.45) is 4.70. The van der Waals surface area contributed by atoms with Crippen LogP contribution in [0.25, 0.3) is 0 Å². The first-order chi connectivity index (χ1) is 3.34. The second-order valence-electron chi connectivity index (χ2n) is 2.50. The number of hydrogen-bond acceptors (Lipinski definition) is 0. The highest BCUT2D eigenvalue weighted by molar-refractivity contribution is 4.87. The summed E-state index contributed by atoms with van der Waals surface area (Å²) < 4.78 is 0. The third-order valence-corrected chi connectivity index (χ3v) is 1.75. The second kappa shape index (κ2) is 1.69. The molecule has 40 valence electrons. The van der Waals surface area contributed by atoms with Crippen LogP contribution in [0.5, 0.6) is 0 Å². The molecule has 2 unspecified atom stereocenters. The van der Waals surface area contributed by atoms with Crippen molar-refractivity contribution in [2.45, 2.75) is 19.8 Å². The van der Waals surface area contributed by atoms with E-state index >= 15 is 0 Å². The van der Waals surface area contributed by atoms with E-state index in [0.29, 0.717) is 0 Å².